The highest BCUT2D eigenvalue weighted by molar-refractivity contribution is 7.99. The molecule has 0 atom stereocenters. The summed E-state index contributed by atoms with van der Waals surface area (Å²) >= 11 is 7.27. The van der Waals surface area contributed by atoms with Gasteiger partial charge in [0.15, 0.2) is 5.16 Å². The third kappa shape index (κ3) is 5.84. The SMILES string of the molecule is CCn1c(CC(=O)Nc2ccccc2)nnc1SCC(=O)Nc1cc(Cl)ccc1C. The van der Waals surface area contributed by atoms with Crippen LogP contribution in [0.1, 0.15) is 18.3 Å². The number of rotatable bonds is 8. The molecule has 1 heterocycles. The van der Waals surface area contributed by atoms with Crippen molar-refractivity contribution in [3.05, 3.63) is 64.9 Å². The average Bonchev–Trinajstić information content (AvgIpc) is 3.11. The van der Waals surface area contributed by atoms with E-state index in [0.29, 0.717) is 28.2 Å². The topological polar surface area (TPSA) is 88.9 Å². The quantitative estimate of drug-likeness (QED) is 0.510. The fourth-order valence-corrected chi connectivity index (χ4v) is 3.78. The van der Waals surface area contributed by atoms with Gasteiger partial charge in [0.25, 0.3) is 0 Å². The molecule has 156 valence electrons. The predicted molar refractivity (Wildman–Crippen MR) is 120 cm³/mol. The summed E-state index contributed by atoms with van der Waals surface area (Å²) in [6.07, 6.45) is 0.101. The fraction of sp³-hybridized carbons (Fsp3) is 0.238. The molecule has 0 unspecified atom stereocenters. The average molecular weight is 444 g/mol. The Labute approximate surface area is 184 Å². The van der Waals surface area contributed by atoms with Gasteiger partial charge in [-0.3, -0.25) is 9.59 Å². The number of halogens is 1. The van der Waals surface area contributed by atoms with E-state index in [-0.39, 0.29) is 24.0 Å². The van der Waals surface area contributed by atoms with E-state index in [0.717, 1.165) is 11.3 Å². The van der Waals surface area contributed by atoms with Crippen molar-refractivity contribution < 1.29 is 9.59 Å². The number of thioether (sulfide) groups is 1. The van der Waals surface area contributed by atoms with Crippen molar-refractivity contribution in [1.29, 1.82) is 0 Å². The molecular formula is C21H22ClN5O2S. The highest BCUT2D eigenvalue weighted by atomic mass is 35.5. The van der Waals surface area contributed by atoms with Crippen LogP contribution in [0.5, 0.6) is 0 Å². The molecule has 0 radical (unpaired) electrons. The summed E-state index contributed by atoms with van der Waals surface area (Å²) < 4.78 is 1.84. The summed E-state index contributed by atoms with van der Waals surface area (Å²) in [6.45, 7) is 4.44. The van der Waals surface area contributed by atoms with Crippen molar-refractivity contribution in [1.82, 2.24) is 14.8 Å². The van der Waals surface area contributed by atoms with Gasteiger partial charge < -0.3 is 15.2 Å². The van der Waals surface area contributed by atoms with Gasteiger partial charge in [-0.1, -0.05) is 47.6 Å². The van der Waals surface area contributed by atoms with Crippen LogP contribution in [0.15, 0.2) is 53.7 Å². The van der Waals surface area contributed by atoms with Crippen LogP contribution in [0.25, 0.3) is 0 Å². The molecule has 3 rings (SSSR count). The van der Waals surface area contributed by atoms with Crippen LogP contribution in [0.4, 0.5) is 11.4 Å². The molecule has 3 aromatic rings. The fourth-order valence-electron chi connectivity index (χ4n) is 2.79. The van der Waals surface area contributed by atoms with Gasteiger partial charge in [-0.25, -0.2) is 0 Å². The predicted octanol–water partition coefficient (Wildman–Crippen LogP) is 4.17. The Morgan fingerprint density at radius 2 is 1.83 bits per heavy atom. The largest absolute Gasteiger partial charge is 0.326 e. The molecule has 0 fully saturated rings. The number of hydrogen-bond acceptors (Lipinski definition) is 5. The number of hydrogen-bond donors (Lipinski definition) is 2. The van der Waals surface area contributed by atoms with E-state index in [1.807, 2.05) is 54.8 Å². The van der Waals surface area contributed by atoms with Crippen LogP contribution in [0, 0.1) is 6.92 Å². The highest BCUT2D eigenvalue weighted by Crippen LogP contribution is 2.22. The van der Waals surface area contributed by atoms with Crippen molar-refractivity contribution in [2.45, 2.75) is 32.0 Å². The molecule has 0 spiro atoms. The molecule has 0 saturated carbocycles. The molecule has 9 heteroatoms. The maximum atomic E-state index is 12.3. The summed E-state index contributed by atoms with van der Waals surface area (Å²) in [5.74, 6) is 0.383. The monoisotopic (exact) mass is 443 g/mol. The van der Waals surface area contributed by atoms with Crippen molar-refractivity contribution in [2.75, 3.05) is 16.4 Å². The van der Waals surface area contributed by atoms with Gasteiger partial charge in [0.1, 0.15) is 5.82 Å². The van der Waals surface area contributed by atoms with Crippen molar-refractivity contribution in [2.24, 2.45) is 0 Å². The molecule has 1 aromatic heterocycles. The van der Waals surface area contributed by atoms with Gasteiger partial charge in [0.2, 0.25) is 11.8 Å². The molecule has 30 heavy (non-hydrogen) atoms. The smallest absolute Gasteiger partial charge is 0.234 e. The Morgan fingerprint density at radius 3 is 2.57 bits per heavy atom. The lowest BCUT2D eigenvalue weighted by atomic mass is 10.2. The van der Waals surface area contributed by atoms with Gasteiger partial charge in [-0.15, -0.1) is 10.2 Å². The Bertz CT molecular complexity index is 1040. The van der Waals surface area contributed by atoms with Crippen molar-refractivity contribution in [3.63, 3.8) is 0 Å². The maximum Gasteiger partial charge on any atom is 0.234 e. The molecule has 2 N–H and O–H groups in total. The summed E-state index contributed by atoms with van der Waals surface area (Å²) in [5.41, 5.74) is 2.34. The van der Waals surface area contributed by atoms with Gasteiger partial charge in [0.05, 0.1) is 12.2 Å². The second kappa shape index (κ2) is 10.3. The first kappa shape index (κ1) is 21.9. The molecule has 2 aromatic carbocycles. The zero-order valence-electron chi connectivity index (χ0n) is 16.7. The highest BCUT2D eigenvalue weighted by Gasteiger charge is 2.16. The first-order valence-corrected chi connectivity index (χ1v) is 10.8. The first-order valence-electron chi connectivity index (χ1n) is 9.42. The van der Waals surface area contributed by atoms with E-state index in [1.54, 1.807) is 12.1 Å². The molecule has 2 amide bonds. The Hall–Kier alpha value is -2.84. The molecule has 7 nitrogen and oxygen atoms in total. The van der Waals surface area contributed by atoms with Gasteiger partial charge in [0, 0.05) is 22.9 Å². The normalized spacial score (nSPS) is 10.6. The van der Waals surface area contributed by atoms with Crippen LogP contribution in [0.3, 0.4) is 0 Å². The number of aromatic nitrogens is 3. The molecule has 0 aliphatic rings. The number of amides is 2. The lowest BCUT2D eigenvalue weighted by Gasteiger charge is -2.10. The number of benzene rings is 2. The molecule has 0 aliphatic carbocycles. The van der Waals surface area contributed by atoms with E-state index in [4.69, 9.17) is 11.6 Å². The minimum atomic E-state index is -0.172. The van der Waals surface area contributed by atoms with Crippen LogP contribution in [-0.2, 0) is 22.6 Å². The first-order chi connectivity index (χ1) is 14.5. The Morgan fingerprint density at radius 1 is 1.07 bits per heavy atom. The molecule has 0 saturated heterocycles. The number of nitrogens with one attached hydrogen (secondary N) is 2. The second-order valence-corrected chi connectivity index (χ2v) is 7.91. The standard InChI is InChI=1S/C21H22ClN5O2S/c1-3-27-18(12-19(28)23-16-7-5-4-6-8-16)25-26-21(27)30-13-20(29)24-17-11-15(22)10-9-14(17)2/h4-11H,3,12-13H2,1-2H3,(H,23,28)(H,24,29). The van der Waals surface area contributed by atoms with Crippen molar-refractivity contribution >= 4 is 46.6 Å². The number of anilines is 2. The van der Waals surface area contributed by atoms with Crippen molar-refractivity contribution in [3.8, 4) is 0 Å². The van der Waals surface area contributed by atoms with Gasteiger partial charge in [-0.05, 0) is 43.7 Å². The van der Waals surface area contributed by atoms with E-state index in [2.05, 4.69) is 20.8 Å². The zero-order valence-corrected chi connectivity index (χ0v) is 18.3. The Kier molecular flexibility index (Phi) is 7.48. The summed E-state index contributed by atoms with van der Waals surface area (Å²) in [6, 6.07) is 14.6. The summed E-state index contributed by atoms with van der Waals surface area (Å²) in [5, 5.41) is 15.1. The van der Waals surface area contributed by atoms with E-state index < -0.39 is 0 Å². The zero-order chi connectivity index (χ0) is 21.5. The van der Waals surface area contributed by atoms with E-state index in [9.17, 15) is 9.59 Å². The maximum absolute atomic E-state index is 12.3. The van der Waals surface area contributed by atoms with Gasteiger partial charge >= 0.3 is 0 Å². The second-order valence-electron chi connectivity index (χ2n) is 6.53. The molecular weight excluding hydrogens is 422 g/mol. The molecule has 0 aliphatic heterocycles. The number of carbonyl (C=O) groups is 2. The van der Waals surface area contributed by atoms with E-state index in [1.165, 1.54) is 11.8 Å². The minimum absolute atomic E-state index is 0.101. The number of para-hydroxylation sites is 1. The third-order valence-electron chi connectivity index (χ3n) is 4.29. The van der Waals surface area contributed by atoms with Crippen LogP contribution >= 0.6 is 23.4 Å². The number of aryl methyl sites for hydroxylation is 1. The summed E-state index contributed by atoms with van der Waals surface area (Å²) in [7, 11) is 0. The third-order valence-corrected chi connectivity index (χ3v) is 5.49. The minimum Gasteiger partial charge on any atom is -0.326 e. The number of carbonyl (C=O) groups excluding carboxylic acids is 2. The number of nitrogens with zero attached hydrogens (tertiary/aromatic N) is 3. The van der Waals surface area contributed by atoms with Crippen LogP contribution < -0.4 is 10.6 Å². The van der Waals surface area contributed by atoms with Gasteiger partial charge in [-0.2, -0.15) is 0 Å². The van der Waals surface area contributed by atoms with Crippen LogP contribution in [-0.4, -0.2) is 32.3 Å². The lowest BCUT2D eigenvalue weighted by molar-refractivity contribution is -0.116. The molecule has 0 bridgehead atoms. The summed E-state index contributed by atoms with van der Waals surface area (Å²) in [4.78, 5) is 24.7. The Balaban J connectivity index is 1.59. The van der Waals surface area contributed by atoms with E-state index >= 15 is 0 Å². The van der Waals surface area contributed by atoms with Crippen LogP contribution in [0.2, 0.25) is 5.02 Å². The lowest BCUT2D eigenvalue weighted by Crippen LogP contribution is -2.18.